The third kappa shape index (κ3) is 2.54. The molecule has 18 heavy (non-hydrogen) atoms. The molecule has 0 saturated carbocycles. The first-order valence-corrected chi connectivity index (χ1v) is 5.57. The second-order valence-electron chi connectivity index (χ2n) is 4.07. The second kappa shape index (κ2) is 5.98. The molecule has 0 radical (unpaired) electrons. The van der Waals surface area contributed by atoms with Crippen LogP contribution >= 0.6 is 12.4 Å². The number of fused-ring (bicyclic) bond motifs is 1. The number of halogens is 2. The summed E-state index contributed by atoms with van der Waals surface area (Å²) in [5.41, 5.74) is 7.57. The molecule has 0 amide bonds. The topological polar surface area (TPSA) is 48.0 Å². The lowest BCUT2D eigenvalue weighted by Crippen LogP contribution is -2.11. The highest BCUT2D eigenvalue weighted by molar-refractivity contribution is 5.93. The Hall–Kier alpha value is -1.39. The fraction of sp³-hybridized carbons (Fsp3) is 0.308. The molecule has 1 heterocycles. The van der Waals surface area contributed by atoms with Crippen molar-refractivity contribution in [3.8, 4) is 0 Å². The molecular formula is C13H16ClFN2O. The first kappa shape index (κ1) is 14.7. The molecule has 0 aliphatic rings. The zero-order valence-corrected chi connectivity index (χ0v) is 10.9. The molecule has 0 saturated heterocycles. The highest BCUT2D eigenvalue weighted by atomic mass is 35.5. The van der Waals surface area contributed by atoms with Crippen molar-refractivity contribution in [2.24, 2.45) is 5.73 Å². The third-order valence-corrected chi connectivity index (χ3v) is 2.90. The van der Waals surface area contributed by atoms with Crippen molar-refractivity contribution >= 4 is 29.2 Å². The van der Waals surface area contributed by atoms with Gasteiger partial charge < -0.3 is 5.73 Å². The van der Waals surface area contributed by atoms with Crippen LogP contribution in [0.15, 0.2) is 30.5 Å². The van der Waals surface area contributed by atoms with Crippen molar-refractivity contribution in [2.45, 2.75) is 19.4 Å². The van der Waals surface area contributed by atoms with Crippen LogP contribution in [-0.2, 0) is 0 Å². The highest BCUT2D eigenvalue weighted by Crippen LogP contribution is 2.27. The molecular weight excluding hydrogens is 255 g/mol. The lowest BCUT2D eigenvalue weighted by atomic mass is 10.0. The first-order valence-electron chi connectivity index (χ1n) is 5.57. The number of rotatable bonds is 3. The number of alkyl halides is 1. The largest absolute Gasteiger partial charge is 0.324 e. The van der Waals surface area contributed by atoms with Crippen molar-refractivity contribution in [1.29, 1.82) is 0 Å². The maximum Gasteiger partial charge on any atom is 0.227 e. The summed E-state index contributed by atoms with van der Waals surface area (Å²) >= 11 is 0. The van der Waals surface area contributed by atoms with Gasteiger partial charge in [-0.3, -0.25) is 13.8 Å². The summed E-state index contributed by atoms with van der Waals surface area (Å²) in [4.78, 5) is 11.5. The van der Waals surface area contributed by atoms with Crippen LogP contribution in [0.1, 0.15) is 29.7 Å². The number of benzene rings is 1. The summed E-state index contributed by atoms with van der Waals surface area (Å²) in [7, 11) is 0. The number of hydrogen-bond acceptors (Lipinski definition) is 2. The smallest absolute Gasteiger partial charge is 0.227 e. The average molecular weight is 271 g/mol. The molecule has 98 valence electrons. The minimum Gasteiger partial charge on any atom is -0.324 e. The van der Waals surface area contributed by atoms with Gasteiger partial charge in [0, 0.05) is 24.5 Å². The average Bonchev–Trinajstić information content (AvgIpc) is 2.69. The number of nitrogens with zero attached hydrogens (tertiary/aromatic N) is 1. The molecule has 0 fully saturated rings. The maximum atomic E-state index is 12.3. The van der Waals surface area contributed by atoms with E-state index in [0.29, 0.717) is 0 Å². The molecule has 0 aliphatic carbocycles. The number of carbonyl (C=O) groups is 1. The van der Waals surface area contributed by atoms with E-state index < -0.39 is 6.67 Å². The van der Waals surface area contributed by atoms with Gasteiger partial charge in [-0.05, 0) is 18.1 Å². The van der Waals surface area contributed by atoms with Gasteiger partial charge in [0.1, 0.15) is 0 Å². The van der Waals surface area contributed by atoms with Crippen LogP contribution in [0.4, 0.5) is 4.39 Å². The van der Waals surface area contributed by atoms with E-state index in [1.165, 1.54) is 6.92 Å². The van der Waals surface area contributed by atoms with Gasteiger partial charge in [0.25, 0.3) is 0 Å². The molecule has 1 aromatic carbocycles. The van der Waals surface area contributed by atoms with Crippen LogP contribution in [0.5, 0.6) is 0 Å². The van der Waals surface area contributed by atoms with Crippen molar-refractivity contribution in [3.63, 3.8) is 0 Å². The van der Waals surface area contributed by atoms with Crippen molar-refractivity contribution in [3.05, 3.63) is 36.0 Å². The van der Waals surface area contributed by atoms with Crippen LogP contribution in [0, 0.1) is 0 Å². The van der Waals surface area contributed by atoms with Gasteiger partial charge in [-0.1, -0.05) is 18.2 Å². The van der Waals surface area contributed by atoms with Crippen LogP contribution in [-0.4, -0.2) is 17.1 Å². The number of carbonyl (C=O) groups excluding carboxylic acids is 1. The third-order valence-electron chi connectivity index (χ3n) is 2.90. The van der Waals surface area contributed by atoms with Crippen molar-refractivity contribution in [1.82, 2.24) is 4.57 Å². The van der Waals surface area contributed by atoms with Crippen molar-refractivity contribution < 1.29 is 9.18 Å². The Morgan fingerprint density at radius 1 is 1.44 bits per heavy atom. The van der Waals surface area contributed by atoms with Crippen LogP contribution in [0.25, 0.3) is 10.9 Å². The number of aromatic nitrogens is 1. The summed E-state index contributed by atoms with van der Waals surface area (Å²) in [6, 6.07) is 7.15. The summed E-state index contributed by atoms with van der Waals surface area (Å²) in [5, 5.41) is 0.920. The zero-order valence-electron chi connectivity index (χ0n) is 10.1. The van der Waals surface area contributed by atoms with Crippen LogP contribution < -0.4 is 5.73 Å². The fourth-order valence-corrected chi connectivity index (χ4v) is 2.04. The van der Waals surface area contributed by atoms with E-state index >= 15 is 0 Å². The molecule has 0 aliphatic heterocycles. The molecule has 2 aromatic rings. The minimum absolute atomic E-state index is 0. The number of nitrogens with two attached hydrogens (primary N) is 1. The van der Waals surface area contributed by atoms with Crippen LogP contribution in [0.3, 0.4) is 0 Å². The van der Waals surface area contributed by atoms with E-state index in [1.807, 2.05) is 24.3 Å². The fourth-order valence-electron chi connectivity index (χ4n) is 2.04. The van der Waals surface area contributed by atoms with Crippen molar-refractivity contribution in [2.75, 3.05) is 6.67 Å². The van der Waals surface area contributed by atoms with E-state index in [4.69, 9.17) is 5.73 Å². The van der Waals surface area contributed by atoms with Gasteiger partial charge in [-0.15, -0.1) is 12.4 Å². The summed E-state index contributed by atoms with van der Waals surface area (Å²) in [5.74, 6) is -0.0695. The molecule has 0 unspecified atom stereocenters. The second-order valence-corrected chi connectivity index (χ2v) is 4.07. The number of hydrogen-bond donors (Lipinski definition) is 1. The monoisotopic (exact) mass is 270 g/mol. The highest BCUT2D eigenvalue weighted by Gasteiger charge is 2.15. The van der Waals surface area contributed by atoms with Gasteiger partial charge >= 0.3 is 0 Å². The molecule has 3 nitrogen and oxygen atoms in total. The van der Waals surface area contributed by atoms with Gasteiger partial charge in [0.05, 0.1) is 12.2 Å². The molecule has 0 spiro atoms. The molecule has 1 aromatic heterocycles. The predicted octanol–water partition coefficient (Wildman–Crippen LogP) is 3.08. The Morgan fingerprint density at radius 2 is 2.11 bits per heavy atom. The lowest BCUT2D eigenvalue weighted by molar-refractivity contribution is 0.0941. The van der Waals surface area contributed by atoms with E-state index in [2.05, 4.69) is 0 Å². The van der Waals surface area contributed by atoms with E-state index in [9.17, 15) is 9.18 Å². The predicted molar refractivity (Wildman–Crippen MR) is 73.0 cm³/mol. The van der Waals surface area contributed by atoms with E-state index in [-0.39, 0.29) is 30.8 Å². The lowest BCUT2D eigenvalue weighted by Gasteiger charge is -2.07. The first-order chi connectivity index (χ1) is 8.15. The Bertz CT molecular complexity index is 553. The van der Waals surface area contributed by atoms with Gasteiger partial charge in [0.2, 0.25) is 5.91 Å². The maximum absolute atomic E-state index is 12.3. The Balaban J connectivity index is 0.00000162. The SMILES string of the molecule is CC(=O)n1cc([C@@H](N)CCF)c2ccccc21.Cl. The quantitative estimate of drug-likeness (QED) is 0.932. The van der Waals surface area contributed by atoms with Gasteiger partial charge in [-0.25, -0.2) is 0 Å². The molecule has 2 N–H and O–H groups in total. The van der Waals surface area contributed by atoms with E-state index in [0.717, 1.165) is 16.5 Å². The molecule has 2 rings (SSSR count). The standard InChI is InChI=1S/C13H15FN2O.ClH/c1-9(17)16-8-11(12(15)6-7-14)10-4-2-3-5-13(10)16;/h2-5,8,12H,6-7,15H2,1H3;1H/t12-;/m0./s1. The Morgan fingerprint density at radius 3 is 2.72 bits per heavy atom. The zero-order chi connectivity index (χ0) is 12.4. The van der Waals surface area contributed by atoms with E-state index in [1.54, 1.807) is 10.8 Å². The van der Waals surface area contributed by atoms with Crippen LogP contribution in [0.2, 0.25) is 0 Å². The summed E-state index contributed by atoms with van der Waals surface area (Å²) in [6.07, 6.45) is 1.99. The number of para-hydroxylation sites is 1. The Kier molecular flexibility index (Phi) is 4.87. The molecule has 0 bridgehead atoms. The molecule has 5 heteroatoms. The Labute approximate surface area is 111 Å². The molecule has 1 atom stereocenters. The summed E-state index contributed by atoms with van der Waals surface area (Å²) < 4.78 is 13.9. The minimum atomic E-state index is -0.458. The summed E-state index contributed by atoms with van der Waals surface area (Å²) in [6.45, 7) is 1.04. The van der Waals surface area contributed by atoms with Gasteiger partial charge in [-0.2, -0.15) is 0 Å². The normalized spacial score (nSPS) is 12.2. The van der Waals surface area contributed by atoms with Gasteiger partial charge in [0.15, 0.2) is 0 Å².